The summed E-state index contributed by atoms with van der Waals surface area (Å²) in [5, 5.41) is 8.29. The van der Waals surface area contributed by atoms with Crippen LogP contribution in [0.5, 0.6) is 0 Å². The van der Waals surface area contributed by atoms with Gasteiger partial charge in [0.1, 0.15) is 5.52 Å². The van der Waals surface area contributed by atoms with Crippen LogP contribution in [-0.4, -0.2) is 50.0 Å². The summed E-state index contributed by atoms with van der Waals surface area (Å²) in [6, 6.07) is 11.7. The van der Waals surface area contributed by atoms with E-state index in [4.69, 9.17) is 4.74 Å². The predicted octanol–water partition coefficient (Wildman–Crippen LogP) is 2.42. The zero-order valence-corrected chi connectivity index (χ0v) is 15.2. The Morgan fingerprint density at radius 3 is 3.04 bits per heavy atom. The van der Waals surface area contributed by atoms with E-state index in [9.17, 15) is 4.79 Å². The van der Waals surface area contributed by atoms with Gasteiger partial charge in [-0.3, -0.25) is 9.78 Å². The van der Waals surface area contributed by atoms with Gasteiger partial charge >= 0.3 is 0 Å². The number of benzene rings is 1. The van der Waals surface area contributed by atoms with Crippen LogP contribution in [-0.2, 0) is 22.7 Å². The van der Waals surface area contributed by atoms with Gasteiger partial charge in [-0.25, -0.2) is 4.68 Å². The third kappa shape index (κ3) is 4.31. The van der Waals surface area contributed by atoms with E-state index >= 15 is 0 Å². The number of carbonyl (C=O) groups is 1. The molecular weight excluding hydrogens is 342 g/mol. The first-order valence-electron chi connectivity index (χ1n) is 9.36. The molecule has 0 saturated carbocycles. The van der Waals surface area contributed by atoms with Crippen molar-refractivity contribution in [1.29, 1.82) is 0 Å². The van der Waals surface area contributed by atoms with Crippen LogP contribution in [0.2, 0.25) is 0 Å². The molecule has 27 heavy (non-hydrogen) atoms. The van der Waals surface area contributed by atoms with E-state index < -0.39 is 0 Å². The standard InChI is InChI=1S/C20H23N5O2/c26-20(9-12-25-19-8-2-1-7-18(19)22-23-25)24-11-4-6-17(14-24)27-15-16-5-3-10-21-13-16/h1-3,5,7-8,10,13,17H,4,6,9,11-12,14-15H2/t17-/m1/s1. The van der Waals surface area contributed by atoms with Crippen molar-refractivity contribution in [2.75, 3.05) is 13.1 Å². The molecule has 1 saturated heterocycles. The lowest BCUT2D eigenvalue weighted by atomic mass is 10.1. The average Bonchev–Trinajstić information content (AvgIpc) is 3.15. The molecule has 1 atom stereocenters. The van der Waals surface area contributed by atoms with Gasteiger partial charge in [-0.1, -0.05) is 23.4 Å². The monoisotopic (exact) mass is 365 g/mol. The molecular formula is C20H23N5O2. The largest absolute Gasteiger partial charge is 0.372 e. The van der Waals surface area contributed by atoms with E-state index in [0.717, 1.165) is 36.0 Å². The van der Waals surface area contributed by atoms with Crippen molar-refractivity contribution in [3.05, 3.63) is 54.4 Å². The zero-order valence-electron chi connectivity index (χ0n) is 15.2. The van der Waals surface area contributed by atoms with E-state index in [1.807, 2.05) is 47.5 Å². The van der Waals surface area contributed by atoms with Crippen molar-refractivity contribution in [2.24, 2.45) is 0 Å². The molecule has 1 aliphatic rings. The number of piperidine rings is 1. The van der Waals surface area contributed by atoms with Gasteiger partial charge in [-0.05, 0) is 36.6 Å². The second-order valence-electron chi connectivity index (χ2n) is 6.83. The van der Waals surface area contributed by atoms with Gasteiger partial charge < -0.3 is 9.64 Å². The van der Waals surface area contributed by atoms with Gasteiger partial charge in [0, 0.05) is 31.9 Å². The van der Waals surface area contributed by atoms with Crippen molar-refractivity contribution in [2.45, 2.75) is 38.5 Å². The van der Waals surface area contributed by atoms with E-state index in [2.05, 4.69) is 15.3 Å². The second kappa shape index (κ2) is 8.26. The topological polar surface area (TPSA) is 73.1 Å². The van der Waals surface area contributed by atoms with Crippen molar-refractivity contribution in [1.82, 2.24) is 24.9 Å². The van der Waals surface area contributed by atoms with Crippen LogP contribution < -0.4 is 0 Å². The van der Waals surface area contributed by atoms with Crippen molar-refractivity contribution < 1.29 is 9.53 Å². The maximum absolute atomic E-state index is 12.6. The summed E-state index contributed by atoms with van der Waals surface area (Å²) in [4.78, 5) is 18.7. The Morgan fingerprint density at radius 1 is 1.22 bits per heavy atom. The first kappa shape index (κ1) is 17.6. The highest BCUT2D eigenvalue weighted by Crippen LogP contribution is 2.17. The molecule has 0 spiro atoms. The van der Waals surface area contributed by atoms with Crippen molar-refractivity contribution in [3.63, 3.8) is 0 Å². The number of carbonyl (C=O) groups excluding carboxylic acids is 1. The molecule has 0 radical (unpaired) electrons. The molecule has 4 rings (SSSR count). The van der Waals surface area contributed by atoms with E-state index in [0.29, 0.717) is 26.1 Å². The number of hydrogen-bond acceptors (Lipinski definition) is 5. The molecule has 1 aliphatic heterocycles. The number of likely N-dealkylation sites (tertiary alicyclic amines) is 1. The average molecular weight is 365 g/mol. The Morgan fingerprint density at radius 2 is 2.15 bits per heavy atom. The number of ether oxygens (including phenoxy) is 1. The number of rotatable bonds is 6. The molecule has 1 amide bonds. The lowest BCUT2D eigenvalue weighted by Crippen LogP contribution is -2.43. The minimum Gasteiger partial charge on any atom is -0.372 e. The van der Waals surface area contributed by atoms with Crippen molar-refractivity contribution >= 4 is 16.9 Å². The minimum atomic E-state index is 0.0788. The molecule has 0 bridgehead atoms. The molecule has 7 nitrogen and oxygen atoms in total. The number of aryl methyl sites for hydroxylation is 1. The first-order chi connectivity index (χ1) is 13.3. The van der Waals surface area contributed by atoms with Gasteiger partial charge in [-0.15, -0.1) is 5.10 Å². The van der Waals surface area contributed by atoms with Gasteiger partial charge in [-0.2, -0.15) is 0 Å². The number of hydrogen-bond donors (Lipinski definition) is 0. The van der Waals surface area contributed by atoms with Gasteiger partial charge in [0.15, 0.2) is 0 Å². The van der Waals surface area contributed by atoms with Crippen LogP contribution in [0.25, 0.3) is 11.0 Å². The normalized spacial score (nSPS) is 17.3. The lowest BCUT2D eigenvalue weighted by molar-refractivity contribution is -0.135. The Bertz CT molecular complexity index is 896. The summed E-state index contributed by atoms with van der Waals surface area (Å²) in [7, 11) is 0. The highest BCUT2D eigenvalue weighted by atomic mass is 16.5. The fourth-order valence-electron chi connectivity index (χ4n) is 3.44. The number of pyridine rings is 1. The fraction of sp³-hybridized carbons (Fsp3) is 0.400. The predicted molar refractivity (Wildman–Crippen MR) is 101 cm³/mol. The fourth-order valence-corrected chi connectivity index (χ4v) is 3.44. The molecule has 3 heterocycles. The molecule has 0 unspecified atom stereocenters. The molecule has 1 aromatic carbocycles. The van der Waals surface area contributed by atoms with Crippen molar-refractivity contribution in [3.8, 4) is 0 Å². The molecule has 0 aliphatic carbocycles. The second-order valence-corrected chi connectivity index (χ2v) is 6.83. The molecule has 0 N–H and O–H groups in total. The smallest absolute Gasteiger partial charge is 0.224 e. The number of para-hydroxylation sites is 1. The maximum Gasteiger partial charge on any atom is 0.224 e. The van der Waals surface area contributed by atoms with Crippen LogP contribution in [0, 0.1) is 0 Å². The number of fused-ring (bicyclic) bond motifs is 1. The Labute approximate surface area is 157 Å². The molecule has 3 aromatic rings. The highest BCUT2D eigenvalue weighted by Gasteiger charge is 2.24. The van der Waals surface area contributed by atoms with E-state index in [-0.39, 0.29) is 12.0 Å². The van der Waals surface area contributed by atoms with Crippen LogP contribution in [0.3, 0.4) is 0 Å². The highest BCUT2D eigenvalue weighted by molar-refractivity contribution is 5.77. The maximum atomic E-state index is 12.6. The summed E-state index contributed by atoms with van der Waals surface area (Å²) in [5.74, 6) is 0.143. The third-order valence-corrected chi connectivity index (χ3v) is 4.90. The van der Waals surface area contributed by atoms with Crippen LogP contribution in [0.15, 0.2) is 48.8 Å². The Kier molecular flexibility index (Phi) is 5.39. The van der Waals surface area contributed by atoms with Gasteiger partial charge in [0.25, 0.3) is 0 Å². The minimum absolute atomic E-state index is 0.0788. The van der Waals surface area contributed by atoms with Crippen LogP contribution >= 0.6 is 0 Å². The van der Waals surface area contributed by atoms with Crippen LogP contribution in [0.1, 0.15) is 24.8 Å². The summed E-state index contributed by atoms with van der Waals surface area (Å²) in [6.45, 7) is 2.52. The van der Waals surface area contributed by atoms with Crippen LogP contribution in [0.4, 0.5) is 0 Å². The summed E-state index contributed by atoms with van der Waals surface area (Å²) in [5.41, 5.74) is 2.87. The third-order valence-electron chi connectivity index (χ3n) is 4.90. The van der Waals surface area contributed by atoms with Gasteiger partial charge in [0.2, 0.25) is 5.91 Å². The molecule has 7 heteroatoms. The quantitative estimate of drug-likeness (QED) is 0.671. The number of aromatic nitrogens is 4. The summed E-state index contributed by atoms with van der Waals surface area (Å²) in [6.07, 6.45) is 6.02. The lowest BCUT2D eigenvalue weighted by Gasteiger charge is -2.32. The van der Waals surface area contributed by atoms with Gasteiger partial charge in [0.05, 0.1) is 24.8 Å². The molecule has 2 aromatic heterocycles. The Balaban J connectivity index is 1.29. The van der Waals surface area contributed by atoms with E-state index in [1.54, 1.807) is 10.9 Å². The number of amides is 1. The van der Waals surface area contributed by atoms with E-state index in [1.165, 1.54) is 0 Å². The number of nitrogens with zero attached hydrogens (tertiary/aromatic N) is 5. The summed E-state index contributed by atoms with van der Waals surface area (Å²) >= 11 is 0. The Hall–Kier alpha value is -2.80. The zero-order chi connectivity index (χ0) is 18.5. The molecule has 1 fully saturated rings. The SMILES string of the molecule is O=C(CCn1nnc2ccccc21)N1CCC[C@@H](OCc2cccnc2)C1. The molecule has 140 valence electrons. The summed E-state index contributed by atoms with van der Waals surface area (Å²) < 4.78 is 7.80. The first-order valence-corrected chi connectivity index (χ1v) is 9.36.